The van der Waals surface area contributed by atoms with Gasteiger partial charge in [0.2, 0.25) is 0 Å². The summed E-state index contributed by atoms with van der Waals surface area (Å²) in [6.07, 6.45) is 0.489. The summed E-state index contributed by atoms with van der Waals surface area (Å²) < 4.78 is 18.1. The smallest absolute Gasteiger partial charge is 0.337 e. The van der Waals surface area contributed by atoms with E-state index in [4.69, 9.17) is 30.9 Å². The van der Waals surface area contributed by atoms with Gasteiger partial charge >= 0.3 is 5.97 Å². The van der Waals surface area contributed by atoms with E-state index in [2.05, 4.69) is 0 Å². The summed E-state index contributed by atoms with van der Waals surface area (Å²) in [4.78, 5) is 12.1. The van der Waals surface area contributed by atoms with Crippen molar-refractivity contribution in [3.8, 4) is 17.0 Å². The van der Waals surface area contributed by atoms with Gasteiger partial charge in [0.15, 0.2) is 5.60 Å². The third-order valence-electron chi connectivity index (χ3n) is 5.30. The zero-order chi connectivity index (χ0) is 22.4. The van der Waals surface area contributed by atoms with Gasteiger partial charge in [-0.1, -0.05) is 48.9 Å². The third kappa shape index (κ3) is 5.27. The second-order valence-electron chi connectivity index (χ2n) is 7.37. The number of hydrogen-bond acceptors (Lipinski definition) is 5. The summed E-state index contributed by atoms with van der Waals surface area (Å²) in [5.74, 6) is 0.351. The molecule has 0 saturated heterocycles. The Morgan fingerprint density at radius 2 is 1.90 bits per heavy atom. The molecule has 0 aliphatic rings. The Balaban J connectivity index is 1.95. The first kappa shape index (κ1) is 22.8. The van der Waals surface area contributed by atoms with Crippen LogP contribution in [0.4, 0.5) is 0 Å². The highest BCUT2D eigenvalue weighted by Crippen LogP contribution is 2.28. The number of benzene rings is 2. The maximum Gasteiger partial charge on any atom is 0.337 e. The van der Waals surface area contributed by atoms with E-state index in [1.54, 1.807) is 14.0 Å². The molecule has 0 radical (unpaired) electrons. The molecule has 0 fully saturated rings. The monoisotopic (exact) mass is 442 g/mol. The molecular weight excluding hydrogens is 416 g/mol. The van der Waals surface area contributed by atoms with Crippen molar-refractivity contribution in [2.45, 2.75) is 39.0 Å². The van der Waals surface area contributed by atoms with Crippen LogP contribution in [0.15, 0.2) is 54.6 Å². The minimum absolute atomic E-state index is 0.173. The largest absolute Gasteiger partial charge is 0.497 e. The van der Waals surface area contributed by atoms with Crippen LogP contribution in [0.25, 0.3) is 11.3 Å². The average molecular weight is 443 g/mol. The second kappa shape index (κ2) is 9.98. The van der Waals surface area contributed by atoms with Crippen molar-refractivity contribution in [1.82, 2.24) is 9.78 Å². The van der Waals surface area contributed by atoms with E-state index in [0.717, 1.165) is 22.6 Å². The fourth-order valence-corrected chi connectivity index (χ4v) is 3.41. The topological polar surface area (TPSA) is 62.6 Å². The molecular formula is C24H27ClN2O4. The first-order valence-corrected chi connectivity index (χ1v) is 10.4. The molecule has 7 heteroatoms. The Morgan fingerprint density at radius 1 is 1.13 bits per heavy atom. The fraction of sp³-hybridized carbons (Fsp3) is 0.333. The number of rotatable bonds is 9. The SMILES string of the molecule is CCC(C)(OCc1cc(-c2cccc(OC)c2)n(Cc2ccccc2Cl)n1)C(=O)OC. The summed E-state index contributed by atoms with van der Waals surface area (Å²) in [7, 11) is 3.00. The molecule has 31 heavy (non-hydrogen) atoms. The van der Waals surface area contributed by atoms with Crippen LogP contribution in [0.1, 0.15) is 31.5 Å². The number of methoxy groups -OCH3 is 2. The molecule has 1 aromatic heterocycles. The lowest BCUT2D eigenvalue weighted by atomic mass is 10.0. The quantitative estimate of drug-likeness (QED) is 0.430. The zero-order valence-corrected chi connectivity index (χ0v) is 19.0. The molecule has 164 valence electrons. The number of halogens is 1. The first-order chi connectivity index (χ1) is 14.9. The predicted octanol–water partition coefficient (Wildman–Crippen LogP) is 5.12. The molecule has 0 amide bonds. The van der Waals surface area contributed by atoms with Gasteiger partial charge < -0.3 is 14.2 Å². The molecule has 2 aromatic carbocycles. The standard InChI is InChI=1S/C24H27ClN2O4/c1-5-24(2,23(28)30-4)31-16-19-14-22(17-10-8-11-20(13-17)29-3)27(26-19)15-18-9-6-7-12-21(18)25/h6-14H,5,15-16H2,1-4H3. The Labute approximate surface area is 187 Å². The Morgan fingerprint density at radius 3 is 2.58 bits per heavy atom. The summed E-state index contributed by atoms with van der Waals surface area (Å²) in [5, 5.41) is 5.42. The van der Waals surface area contributed by atoms with Crippen LogP contribution in [-0.2, 0) is 27.4 Å². The van der Waals surface area contributed by atoms with E-state index >= 15 is 0 Å². The molecule has 0 bridgehead atoms. The first-order valence-electron chi connectivity index (χ1n) is 10.1. The highest BCUT2D eigenvalue weighted by atomic mass is 35.5. The normalized spacial score (nSPS) is 12.9. The number of ether oxygens (including phenoxy) is 3. The fourth-order valence-electron chi connectivity index (χ4n) is 3.22. The molecule has 3 rings (SSSR count). The molecule has 3 aromatic rings. The lowest BCUT2D eigenvalue weighted by molar-refractivity contribution is -0.169. The Bertz CT molecular complexity index is 1050. The molecule has 1 unspecified atom stereocenters. The van der Waals surface area contributed by atoms with Crippen LogP contribution in [0.5, 0.6) is 5.75 Å². The predicted molar refractivity (Wildman–Crippen MR) is 120 cm³/mol. The van der Waals surface area contributed by atoms with E-state index in [0.29, 0.717) is 23.7 Å². The van der Waals surface area contributed by atoms with Gasteiger partial charge in [-0.3, -0.25) is 4.68 Å². The van der Waals surface area contributed by atoms with E-state index in [9.17, 15) is 4.79 Å². The highest BCUT2D eigenvalue weighted by molar-refractivity contribution is 6.31. The molecule has 6 nitrogen and oxygen atoms in total. The second-order valence-corrected chi connectivity index (χ2v) is 7.77. The van der Waals surface area contributed by atoms with Gasteiger partial charge in [-0.2, -0.15) is 5.10 Å². The van der Waals surface area contributed by atoms with Gasteiger partial charge in [-0.05, 0) is 43.2 Å². The highest BCUT2D eigenvalue weighted by Gasteiger charge is 2.33. The number of hydrogen-bond donors (Lipinski definition) is 0. The maximum absolute atomic E-state index is 12.1. The molecule has 0 spiro atoms. The minimum Gasteiger partial charge on any atom is -0.497 e. The maximum atomic E-state index is 12.1. The van der Waals surface area contributed by atoms with Crippen molar-refractivity contribution in [3.05, 3.63) is 70.9 Å². The number of carbonyl (C=O) groups excluding carboxylic acids is 1. The lowest BCUT2D eigenvalue weighted by Gasteiger charge is -2.24. The minimum atomic E-state index is -1.03. The molecule has 0 N–H and O–H groups in total. The van der Waals surface area contributed by atoms with Crippen LogP contribution >= 0.6 is 11.6 Å². The average Bonchev–Trinajstić information content (AvgIpc) is 3.21. The van der Waals surface area contributed by atoms with Crippen molar-refractivity contribution in [3.63, 3.8) is 0 Å². The summed E-state index contributed by atoms with van der Waals surface area (Å²) in [6, 6.07) is 17.4. The van der Waals surface area contributed by atoms with Crippen molar-refractivity contribution in [2.75, 3.05) is 14.2 Å². The number of carbonyl (C=O) groups is 1. The number of aromatic nitrogens is 2. The van der Waals surface area contributed by atoms with Gasteiger partial charge in [0.25, 0.3) is 0 Å². The van der Waals surface area contributed by atoms with Crippen molar-refractivity contribution in [1.29, 1.82) is 0 Å². The van der Waals surface area contributed by atoms with Gasteiger partial charge in [-0.25, -0.2) is 4.79 Å². The van der Waals surface area contributed by atoms with E-state index in [1.807, 2.05) is 66.2 Å². The van der Waals surface area contributed by atoms with Gasteiger partial charge in [0, 0.05) is 10.6 Å². The molecule has 1 atom stereocenters. The summed E-state index contributed by atoms with van der Waals surface area (Å²) >= 11 is 6.38. The van der Waals surface area contributed by atoms with Crippen molar-refractivity contribution < 1.29 is 19.0 Å². The van der Waals surface area contributed by atoms with E-state index < -0.39 is 11.6 Å². The Hall–Kier alpha value is -2.83. The number of nitrogens with zero attached hydrogens (tertiary/aromatic N) is 2. The van der Waals surface area contributed by atoms with Gasteiger partial charge in [-0.15, -0.1) is 0 Å². The molecule has 0 saturated carbocycles. The summed E-state index contributed by atoms with van der Waals surface area (Å²) in [6.45, 7) is 4.28. The third-order valence-corrected chi connectivity index (χ3v) is 5.67. The summed E-state index contributed by atoms with van der Waals surface area (Å²) in [5.41, 5.74) is 2.48. The van der Waals surface area contributed by atoms with Crippen LogP contribution < -0.4 is 4.74 Å². The van der Waals surface area contributed by atoms with E-state index in [1.165, 1.54) is 7.11 Å². The van der Waals surface area contributed by atoms with Crippen LogP contribution in [-0.4, -0.2) is 35.6 Å². The lowest BCUT2D eigenvalue weighted by Crippen LogP contribution is -2.38. The van der Waals surface area contributed by atoms with Crippen molar-refractivity contribution in [2.24, 2.45) is 0 Å². The van der Waals surface area contributed by atoms with Gasteiger partial charge in [0.1, 0.15) is 5.75 Å². The van der Waals surface area contributed by atoms with Crippen molar-refractivity contribution >= 4 is 17.6 Å². The zero-order valence-electron chi connectivity index (χ0n) is 18.2. The van der Waals surface area contributed by atoms with Gasteiger partial charge in [0.05, 0.1) is 38.8 Å². The van der Waals surface area contributed by atoms with Crippen LogP contribution in [0.3, 0.4) is 0 Å². The van der Waals surface area contributed by atoms with Crippen LogP contribution in [0, 0.1) is 0 Å². The molecule has 1 heterocycles. The van der Waals surface area contributed by atoms with Crippen LogP contribution in [0.2, 0.25) is 5.02 Å². The van der Waals surface area contributed by atoms with E-state index in [-0.39, 0.29) is 6.61 Å². The molecule has 0 aliphatic carbocycles. The molecule has 0 aliphatic heterocycles. The Kier molecular flexibility index (Phi) is 7.36. The number of esters is 1.